The van der Waals surface area contributed by atoms with Crippen molar-refractivity contribution in [3.8, 4) is 17.0 Å². The summed E-state index contributed by atoms with van der Waals surface area (Å²) in [6.45, 7) is 0.256. The zero-order chi connectivity index (χ0) is 26.2. The second-order valence-corrected chi connectivity index (χ2v) is 8.03. The molecule has 0 aliphatic rings. The van der Waals surface area contributed by atoms with Crippen molar-refractivity contribution in [2.75, 3.05) is 12.4 Å². The molecule has 0 unspecified atom stereocenters. The molecule has 3 heterocycles. The average molecular weight is 510 g/mol. The van der Waals surface area contributed by atoms with E-state index in [-0.39, 0.29) is 35.1 Å². The van der Waals surface area contributed by atoms with Crippen LogP contribution in [0.5, 0.6) is 5.75 Å². The first-order valence-electron chi connectivity index (χ1n) is 10.9. The molecule has 0 atom stereocenters. The molecule has 0 aliphatic heterocycles. The Morgan fingerprint density at radius 3 is 2.57 bits per heavy atom. The Kier molecular flexibility index (Phi) is 6.07. The van der Waals surface area contributed by atoms with E-state index in [0.717, 1.165) is 12.3 Å². The lowest BCUT2D eigenvalue weighted by atomic mass is 10.1. The van der Waals surface area contributed by atoms with Crippen LogP contribution in [0.3, 0.4) is 0 Å². The van der Waals surface area contributed by atoms with Gasteiger partial charge in [-0.05, 0) is 48.0 Å². The van der Waals surface area contributed by atoms with Gasteiger partial charge in [0.05, 0.1) is 25.5 Å². The van der Waals surface area contributed by atoms with Crippen LogP contribution in [-0.2, 0) is 12.7 Å². The minimum absolute atomic E-state index is 0.0106. The molecule has 12 heteroatoms. The highest BCUT2D eigenvalue weighted by molar-refractivity contribution is 6.07. The maximum atomic E-state index is 13.9. The minimum Gasteiger partial charge on any atom is -0.497 e. The molecule has 0 bridgehead atoms. The van der Waals surface area contributed by atoms with E-state index in [1.54, 1.807) is 42.6 Å². The van der Waals surface area contributed by atoms with Crippen LogP contribution in [0.15, 0.2) is 73.1 Å². The summed E-state index contributed by atoms with van der Waals surface area (Å²) in [6.07, 6.45) is -2.15. The Hall–Kier alpha value is -4.74. The molecule has 0 saturated heterocycles. The topological polar surface area (TPSA) is 86.3 Å². The number of nitrogens with zero attached hydrogens (tertiary/aromatic N) is 5. The van der Waals surface area contributed by atoms with Crippen LogP contribution in [0, 0.1) is 5.82 Å². The molecule has 0 spiro atoms. The number of hydrogen-bond donors (Lipinski definition) is 1. The Balaban J connectivity index is 1.46. The molecule has 1 N–H and O–H groups in total. The van der Waals surface area contributed by atoms with Gasteiger partial charge < -0.3 is 10.1 Å². The number of benzene rings is 2. The van der Waals surface area contributed by atoms with Crippen molar-refractivity contribution in [3.05, 3.63) is 95.7 Å². The summed E-state index contributed by atoms with van der Waals surface area (Å²) in [4.78, 5) is 17.3. The van der Waals surface area contributed by atoms with Crippen molar-refractivity contribution in [2.24, 2.45) is 0 Å². The molecule has 3 aromatic heterocycles. The van der Waals surface area contributed by atoms with Crippen molar-refractivity contribution in [1.82, 2.24) is 24.4 Å². The van der Waals surface area contributed by atoms with Gasteiger partial charge in [-0.3, -0.25) is 9.48 Å². The number of hydrogen-bond acceptors (Lipinski definition) is 5. The number of aromatic nitrogens is 5. The van der Waals surface area contributed by atoms with Gasteiger partial charge in [-0.25, -0.2) is 13.9 Å². The molecular weight excluding hydrogens is 492 g/mol. The fraction of sp³-hybridized carbons (Fsp3) is 0.120. The summed E-state index contributed by atoms with van der Waals surface area (Å²) in [7, 11) is 1.47. The van der Waals surface area contributed by atoms with Crippen molar-refractivity contribution in [1.29, 1.82) is 0 Å². The quantitative estimate of drug-likeness (QED) is 0.323. The number of carbonyl (C=O) groups excluding carboxylic acids is 1. The van der Waals surface area contributed by atoms with Gasteiger partial charge in [0.15, 0.2) is 17.2 Å². The molecule has 2 aromatic carbocycles. The lowest BCUT2D eigenvalue weighted by Gasteiger charge is -2.12. The molecule has 1 amide bonds. The number of rotatable bonds is 6. The third-order valence-electron chi connectivity index (χ3n) is 5.51. The predicted molar refractivity (Wildman–Crippen MR) is 126 cm³/mol. The van der Waals surface area contributed by atoms with Gasteiger partial charge in [0.2, 0.25) is 0 Å². The van der Waals surface area contributed by atoms with E-state index in [9.17, 15) is 22.4 Å². The van der Waals surface area contributed by atoms with Gasteiger partial charge >= 0.3 is 6.18 Å². The van der Waals surface area contributed by atoms with Crippen LogP contribution in [-0.4, -0.2) is 37.4 Å². The smallest absolute Gasteiger partial charge is 0.433 e. The van der Waals surface area contributed by atoms with Crippen LogP contribution in [0.25, 0.3) is 16.9 Å². The second-order valence-electron chi connectivity index (χ2n) is 8.03. The van der Waals surface area contributed by atoms with Gasteiger partial charge in [0.1, 0.15) is 17.1 Å². The third-order valence-corrected chi connectivity index (χ3v) is 5.51. The van der Waals surface area contributed by atoms with Crippen molar-refractivity contribution >= 4 is 17.4 Å². The zero-order valence-corrected chi connectivity index (χ0v) is 19.2. The summed E-state index contributed by atoms with van der Waals surface area (Å²) < 4.78 is 62.2. The summed E-state index contributed by atoms with van der Waals surface area (Å²) in [5.41, 5.74) is -0.438. The molecule has 0 aliphatic carbocycles. The summed E-state index contributed by atoms with van der Waals surface area (Å²) >= 11 is 0. The minimum atomic E-state index is -4.75. The normalized spacial score (nSPS) is 11.6. The first-order chi connectivity index (χ1) is 17.7. The Morgan fingerprint density at radius 1 is 1.08 bits per heavy atom. The Morgan fingerprint density at radius 2 is 1.86 bits per heavy atom. The summed E-state index contributed by atoms with van der Waals surface area (Å²) in [5, 5.41) is 10.5. The molecule has 5 rings (SSSR count). The number of alkyl halides is 3. The largest absolute Gasteiger partial charge is 0.497 e. The second kappa shape index (κ2) is 9.37. The van der Waals surface area contributed by atoms with Crippen LogP contribution in [0.4, 0.5) is 23.4 Å². The number of halogens is 4. The van der Waals surface area contributed by atoms with Gasteiger partial charge in [-0.2, -0.15) is 23.4 Å². The fourth-order valence-electron chi connectivity index (χ4n) is 3.76. The highest BCUT2D eigenvalue weighted by Gasteiger charge is 2.36. The number of ether oxygens (including phenoxy) is 1. The van der Waals surface area contributed by atoms with E-state index in [1.807, 2.05) is 0 Å². The number of anilines is 1. The Bertz CT molecular complexity index is 1590. The predicted octanol–water partition coefficient (Wildman–Crippen LogP) is 5.06. The Labute approximate surface area is 207 Å². The van der Waals surface area contributed by atoms with Gasteiger partial charge in [0, 0.05) is 17.8 Å². The third kappa shape index (κ3) is 4.99. The number of methoxy groups -OCH3 is 1. The van der Waals surface area contributed by atoms with E-state index in [4.69, 9.17) is 4.74 Å². The standard InChI is InChI=1S/C25H18F4N6O2/c1-37-18-7-5-16(6-8-18)20-12-21(25(27,28)29)35-23(31-20)19(13-30-35)24(36)32-22-9-10-34(33-22)14-15-3-2-4-17(26)11-15/h2-13H,14H2,1H3,(H,32,33,36). The van der Waals surface area contributed by atoms with Crippen LogP contribution in [0.2, 0.25) is 0 Å². The van der Waals surface area contributed by atoms with E-state index in [1.165, 1.54) is 30.0 Å². The van der Waals surface area contributed by atoms with Gasteiger partial charge in [-0.1, -0.05) is 12.1 Å². The maximum absolute atomic E-state index is 13.9. The maximum Gasteiger partial charge on any atom is 0.433 e. The van der Waals surface area contributed by atoms with Crippen LogP contribution in [0.1, 0.15) is 21.6 Å². The van der Waals surface area contributed by atoms with E-state index < -0.39 is 17.8 Å². The highest BCUT2D eigenvalue weighted by atomic mass is 19.4. The first-order valence-corrected chi connectivity index (χ1v) is 10.9. The molecule has 37 heavy (non-hydrogen) atoms. The zero-order valence-electron chi connectivity index (χ0n) is 19.2. The number of fused-ring (bicyclic) bond motifs is 1. The molecule has 188 valence electrons. The highest BCUT2D eigenvalue weighted by Crippen LogP contribution is 2.33. The first kappa shape index (κ1) is 24.0. The van der Waals surface area contributed by atoms with E-state index >= 15 is 0 Å². The lowest BCUT2D eigenvalue weighted by molar-refractivity contribution is -0.142. The molecule has 5 aromatic rings. The lowest BCUT2D eigenvalue weighted by Crippen LogP contribution is -2.16. The summed E-state index contributed by atoms with van der Waals surface area (Å²) in [5.74, 6) is -0.435. The summed E-state index contributed by atoms with van der Waals surface area (Å²) in [6, 6.07) is 14.7. The number of amides is 1. The van der Waals surface area contributed by atoms with E-state index in [0.29, 0.717) is 21.4 Å². The number of nitrogens with one attached hydrogen (secondary N) is 1. The van der Waals surface area contributed by atoms with E-state index in [2.05, 4.69) is 20.5 Å². The van der Waals surface area contributed by atoms with Crippen LogP contribution >= 0.6 is 0 Å². The fourth-order valence-corrected chi connectivity index (χ4v) is 3.76. The molecule has 0 radical (unpaired) electrons. The molecule has 0 fully saturated rings. The molecular formula is C25H18F4N6O2. The SMILES string of the molecule is COc1ccc(-c2cc(C(F)(F)F)n3ncc(C(=O)Nc4ccn(Cc5cccc(F)c5)n4)c3n2)cc1. The average Bonchev–Trinajstić information content (AvgIpc) is 3.49. The van der Waals surface area contributed by atoms with Crippen LogP contribution < -0.4 is 10.1 Å². The molecule has 0 saturated carbocycles. The van der Waals surface area contributed by atoms with Crippen molar-refractivity contribution < 1.29 is 27.1 Å². The van der Waals surface area contributed by atoms with Crippen molar-refractivity contribution in [3.63, 3.8) is 0 Å². The van der Waals surface area contributed by atoms with Crippen molar-refractivity contribution in [2.45, 2.75) is 12.7 Å². The molecule has 8 nitrogen and oxygen atoms in total. The van der Waals surface area contributed by atoms with Gasteiger partial charge in [-0.15, -0.1) is 0 Å². The monoisotopic (exact) mass is 510 g/mol. The number of carbonyl (C=O) groups is 1. The van der Waals surface area contributed by atoms with Gasteiger partial charge in [0.25, 0.3) is 5.91 Å².